The summed E-state index contributed by atoms with van der Waals surface area (Å²) >= 11 is 5.79. The van der Waals surface area contributed by atoms with Crippen molar-refractivity contribution in [3.8, 4) is 0 Å². The highest BCUT2D eigenvalue weighted by Gasteiger charge is 2.17. The molecule has 0 bridgehead atoms. The zero-order chi connectivity index (χ0) is 7.84. The van der Waals surface area contributed by atoms with Crippen molar-refractivity contribution < 1.29 is 0 Å². The third-order valence-electron chi connectivity index (χ3n) is 1.94. The van der Waals surface area contributed by atoms with Gasteiger partial charge in [-0.3, -0.25) is 0 Å². The highest BCUT2D eigenvalue weighted by atomic mass is 35.5. The van der Waals surface area contributed by atoms with E-state index in [0.717, 1.165) is 12.2 Å². The number of fused-ring (bicyclic) bond motifs is 1. The minimum Gasteiger partial charge on any atom is -0.347 e. The highest BCUT2D eigenvalue weighted by Crippen LogP contribution is 2.28. The predicted octanol–water partition coefficient (Wildman–Crippen LogP) is 1.70. The average molecular weight is 172 g/mol. The summed E-state index contributed by atoms with van der Waals surface area (Å²) in [6.45, 7) is 3.09. The van der Waals surface area contributed by atoms with Crippen LogP contribution in [0.5, 0.6) is 0 Å². The van der Waals surface area contributed by atoms with Gasteiger partial charge in [-0.05, 0) is 6.07 Å². The lowest BCUT2D eigenvalue weighted by atomic mass is 10.1. The Morgan fingerprint density at radius 1 is 1.64 bits per heavy atom. The Labute approximate surface area is 70.1 Å². The molecule has 0 aliphatic carbocycles. The molecule has 1 aliphatic heterocycles. The largest absolute Gasteiger partial charge is 0.347 e. The van der Waals surface area contributed by atoms with Gasteiger partial charge in [-0.1, -0.05) is 18.5 Å². The van der Waals surface area contributed by atoms with E-state index in [-0.39, 0.29) is 0 Å². The molecular weight excluding hydrogens is 162 g/mol. The smallest absolute Gasteiger partial charge is 0.108 e. The van der Waals surface area contributed by atoms with E-state index in [9.17, 15) is 0 Å². The van der Waals surface area contributed by atoms with Crippen LogP contribution in [0, 0.1) is 0 Å². The first-order chi connectivity index (χ1) is 5.27. The van der Waals surface area contributed by atoms with E-state index in [1.807, 2.05) is 6.07 Å². The zero-order valence-electron chi connectivity index (χ0n) is 6.24. The van der Waals surface area contributed by atoms with Crippen LogP contribution in [0.15, 0.2) is 6.07 Å². The molecule has 2 rings (SSSR count). The number of aromatic nitrogens is 1. The number of hydrogen-bond acceptors (Lipinski definition) is 2. The fourth-order valence-electron chi connectivity index (χ4n) is 1.33. The number of nitrogens with one attached hydrogen (secondary N) is 3. The van der Waals surface area contributed by atoms with Crippen LogP contribution < -0.4 is 10.9 Å². The second kappa shape index (κ2) is 2.43. The van der Waals surface area contributed by atoms with Gasteiger partial charge in [0.05, 0.1) is 5.69 Å². The summed E-state index contributed by atoms with van der Waals surface area (Å²) in [6.07, 6.45) is 0. The van der Waals surface area contributed by atoms with Crippen LogP contribution in [-0.2, 0) is 0 Å². The second-order valence-corrected chi connectivity index (χ2v) is 3.26. The SMILES string of the molecule is CC1CNNc2cc(Cl)[nH]c21. The number of hydrazine groups is 1. The van der Waals surface area contributed by atoms with Crippen LogP contribution in [0.2, 0.25) is 5.15 Å². The van der Waals surface area contributed by atoms with Gasteiger partial charge in [0.25, 0.3) is 0 Å². The molecule has 1 aliphatic rings. The standard InChI is InChI=1S/C7H10ClN3/c1-4-3-9-11-5-2-6(8)10-7(4)5/h2,4,9-11H,3H2,1H3. The lowest BCUT2D eigenvalue weighted by Crippen LogP contribution is -2.31. The molecule has 0 fully saturated rings. The predicted molar refractivity (Wildman–Crippen MR) is 45.8 cm³/mol. The molecule has 0 saturated carbocycles. The van der Waals surface area contributed by atoms with E-state index < -0.39 is 0 Å². The lowest BCUT2D eigenvalue weighted by molar-refractivity contribution is 0.632. The Morgan fingerprint density at radius 2 is 2.45 bits per heavy atom. The van der Waals surface area contributed by atoms with Crippen LogP contribution in [0.25, 0.3) is 0 Å². The molecule has 3 N–H and O–H groups in total. The maximum atomic E-state index is 5.79. The van der Waals surface area contributed by atoms with E-state index in [0.29, 0.717) is 11.1 Å². The molecular formula is C7H10ClN3. The number of anilines is 1. The summed E-state index contributed by atoms with van der Waals surface area (Å²) in [5.41, 5.74) is 8.38. The van der Waals surface area contributed by atoms with Gasteiger partial charge in [0.2, 0.25) is 0 Å². The quantitative estimate of drug-likeness (QED) is 0.556. The van der Waals surface area contributed by atoms with Crippen molar-refractivity contribution in [3.05, 3.63) is 16.9 Å². The molecule has 0 aromatic carbocycles. The molecule has 2 heterocycles. The van der Waals surface area contributed by atoms with Crippen LogP contribution >= 0.6 is 11.6 Å². The van der Waals surface area contributed by atoms with E-state index in [1.165, 1.54) is 5.69 Å². The molecule has 0 amide bonds. The maximum Gasteiger partial charge on any atom is 0.108 e. The number of hydrogen-bond donors (Lipinski definition) is 3. The van der Waals surface area contributed by atoms with Crippen LogP contribution in [-0.4, -0.2) is 11.5 Å². The number of halogens is 1. The van der Waals surface area contributed by atoms with Crippen LogP contribution in [0.4, 0.5) is 5.69 Å². The first-order valence-corrected chi connectivity index (χ1v) is 4.02. The van der Waals surface area contributed by atoms with Crippen molar-refractivity contribution >= 4 is 17.3 Å². The fourth-order valence-corrected chi connectivity index (χ4v) is 1.54. The Hall–Kier alpha value is -0.670. The van der Waals surface area contributed by atoms with E-state index >= 15 is 0 Å². The number of H-pyrrole nitrogens is 1. The average Bonchev–Trinajstić information content (AvgIpc) is 2.31. The van der Waals surface area contributed by atoms with Crippen molar-refractivity contribution in [2.45, 2.75) is 12.8 Å². The molecule has 1 aromatic rings. The summed E-state index contributed by atoms with van der Waals surface area (Å²) in [5, 5.41) is 0.693. The van der Waals surface area contributed by atoms with E-state index in [1.54, 1.807) is 0 Å². The molecule has 1 aromatic heterocycles. The molecule has 1 unspecified atom stereocenters. The summed E-state index contributed by atoms with van der Waals surface area (Å²) in [5.74, 6) is 0.499. The summed E-state index contributed by atoms with van der Waals surface area (Å²) in [6, 6.07) is 1.89. The molecule has 0 radical (unpaired) electrons. The van der Waals surface area contributed by atoms with Gasteiger partial charge in [-0.15, -0.1) is 0 Å². The Balaban J connectivity index is 2.43. The molecule has 4 heteroatoms. The first kappa shape index (κ1) is 7.00. The van der Waals surface area contributed by atoms with Gasteiger partial charge >= 0.3 is 0 Å². The van der Waals surface area contributed by atoms with Gasteiger partial charge in [0.15, 0.2) is 0 Å². The van der Waals surface area contributed by atoms with Gasteiger partial charge in [-0.25, -0.2) is 5.43 Å². The van der Waals surface area contributed by atoms with Gasteiger partial charge < -0.3 is 10.4 Å². The summed E-state index contributed by atoms with van der Waals surface area (Å²) in [7, 11) is 0. The topological polar surface area (TPSA) is 39.8 Å². The lowest BCUT2D eigenvalue weighted by Gasteiger charge is -2.20. The first-order valence-electron chi connectivity index (χ1n) is 3.64. The summed E-state index contributed by atoms with van der Waals surface area (Å²) in [4.78, 5) is 3.11. The third kappa shape index (κ3) is 1.10. The number of aromatic amines is 1. The van der Waals surface area contributed by atoms with E-state index in [4.69, 9.17) is 11.6 Å². The van der Waals surface area contributed by atoms with Crippen molar-refractivity contribution in [1.29, 1.82) is 0 Å². The highest BCUT2D eigenvalue weighted by molar-refractivity contribution is 6.29. The van der Waals surface area contributed by atoms with Gasteiger partial charge in [0, 0.05) is 18.2 Å². The van der Waals surface area contributed by atoms with Crippen molar-refractivity contribution in [2.24, 2.45) is 0 Å². The van der Waals surface area contributed by atoms with Gasteiger partial charge in [-0.2, -0.15) is 0 Å². The Kier molecular flexibility index (Phi) is 1.55. The monoisotopic (exact) mass is 171 g/mol. The van der Waals surface area contributed by atoms with E-state index in [2.05, 4.69) is 22.8 Å². The number of rotatable bonds is 0. The Bertz CT molecular complexity index is 269. The van der Waals surface area contributed by atoms with Crippen molar-refractivity contribution in [3.63, 3.8) is 0 Å². The Morgan fingerprint density at radius 3 is 3.18 bits per heavy atom. The van der Waals surface area contributed by atoms with Crippen molar-refractivity contribution in [1.82, 2.24) is 10.4 Å². The second-order valence-electron chi connectivity index (χ2n) is 2.85. The fraction of sp³-hybridized carbons (Fsp3) is 0.429. The molecule has 1 atom stereocenters. The normalized spacial score (nSPS) is 22.5. The minimum absolute atomic E-state index is 0.499. The minimum atomic E-state index is 0.499. The molecule has 0 spiro atoms. The molecule has 3 nitrogen and oxygen atoms in total. The maximum absolute atomic E-state index is 5.79. The zero-order valence-corrected chi connectivity index (χ0v) is 7.00. The molecule has 60 valence electrons. The van der Waals surface area contributed by atoms with Gasteiger partial charge in [0.1, 0.15) is 5.15 Å². The molecule has 0 saturated heterocycles. The van der Waals surface area contributed by atoms with Crippen molar-refractivity contribution in [2.75, 3.05) is 12.0 Å². The van der Waals surface area contributed by atoms with Crippen LogP contribution in [0.3, 0.4) is 0 Å². The van der Waals surface area contributed by atoms with Crippen LogP contribution in [0.1, 0.15) is 18.5 Å². The summed E-state index contributed by atoms with van der Waals surface area (Å²) < 4.78 is 0. The molecule has 11 heavy (non-hydrogen) atoms. The third-order valence-corrected chi connectivity index (χ3v) is 2.14.